The fraction of sp³-hybridized carbons (Fsp3) is 0.235. The van der Waals surface area contributed by atoms with Crippen molar-refractivity contribution in [2.75, 3.05) is 0 Å². The maximum atomic E-state index is 12.7. The summed E-state index contributed by atoms with van der Waals surface area (Å²) in [6, 6.07) is 7.68. The van der Waals surface area contributed by atoms with Crippen molar-refractivity contribution in [3.05, 3.63) is 67.0 Å². The standard InChI is InChI=1S/C17H14BrN3O2S/c18-11-4-1-3-10(7-11)8-19-15(22)12-9-20-17-21(16(12)23)13-5-2-6-14(13)24-17/h1,3-4,7,9H,2,5-6,8H2,(H,19,22). The summed E-state index contributed by atoms with van der Waals surface area (Å²) in [6.45, 7) is 0.363. The van der Waals surface area contributed by atoms with Crippen molar-refractivity contribution in [1.29, 1.82) is 0 Å². The number of carbonyl (C=O) groups excluding carboxylic acids is 1. The van der Waals surface area contributed by atoms with Crippen molar-refractivity contribution < 1.29 is 4.79 Å². The molecule has 0 aliphatic heterocycles. The van der Waals surface area contributed by atoms with E-state index in [4.69, 9.17) is 0 Å². The molecule has 122 valence electrons. The van der Waals surface area contributed by atoms with Crippen LogP contribution in [0, 0.1) is 0 Å². The van der Waals surface area contributed by atoms with Gasteiger partial charge in [0.1, 0.15) is 5.56 Å². The third kappa shape index (κ3) is 2.67. The Morgan fingerprint density at radius 3 is 3.08 bits per heavy atom. The van der Waals surface area contributed by atoms with Crippen molar-refractivity contribution in [3.63, 3.8) is 0 Å². The summed E-state index contributed by atoms with van der Waals surface area (Å²) in [6.07, 6.45) is 4.32. The van der Waals surface area contributed by atoms with Gasteiger partial charge in [-0.15, -0.1) is 11.3 Å². The Balaban J connectivity index is 1.63. The van der Waals surface area contributed by atoms with Crippen LogP contribution in [0.2, 0.25) is 0 Å². The molecule has 0 radical (unpaired) electrons. The summed E-state index contributed by atoms with van der Waals surface area (Å²) < 4.78 is 2.56. The molecule has 24 heavy (non-hydrogen) atoms. The Kier molecular flexibility index (Phi) is 3.97. The van der Waals surface area contributed by atoms with E-state index in [2.05, 4.69) is 26.2 Å². The molecule has 7 heteroatoms. The molecule has 4 rings (SSSR count). The molecule has 2 aromatic heterocycles. The minimum atomic E-state index is -0.389. The summed E-state index contributed by atoms with van der Waals surface area (Å²) in [5.41, 5.74) is 1.80. The SMILES string of the molecule is O=C(NCc1cccc(Br)c1)c1cnc2sc3c(n2c1=O)CCC3. The van der Waals surface area contributed by atoms with Gasteiger partial charge in [-0.25, -0.2) is 4.98 Å². The van der Waals surface area contributed by atoms with Crippen LogP contribution in [0.4, 0.5) is 0 Å². The van der Waals surface area contributed by atoms with E-state index in [1.807, 2.05) is 24.3 Å². The number of aromatic nitrogens is 2. The first-order chi connectivity index (χ1) is 11.6. The number of nitrogens with one attached hydrogen (secondary N) is 1. The third-order valence-corrected chi connectivity index (χ3v) is 5.79. The van der Waals surface area contributed by atoms with Gasteiger partial charge in [0.25, 0.3) is 11.5 Å². The van der Waals surface area contributed by atoms with Crippen LogP contribution in [0.3, 0.4) is 0 Å². The predicted molar refractivity (Wildman–Crippen MR) is 96.7 cm³/mol. The minimum Gasteiger partial charge on any atom is -0.348 e. The van der Waals surface area contributed by atoms with E-state index in [1.165, 1.54) is 11.1 Å². The van der Waals surface area contributed by atoms with Gasteiger partial charge in [0.15, 0.2) is 4.96 Å². The molecule has 0 spiro atoms. The average molecular weight is 404 g/mol. The molecule has 1 aliphatic rings. The molecule has 0 saturated carbocycles. The molecule has 2 heterocycles. The van der Waals surface area contributed by atoms with Crippen LogP contribution in [0.15, 0.2) is 39.7 Å². The molecule has 5 nitrogen and oxygen atoms in total. The lowest BCUT2D eigenvalue weighted by molar-refractivity contribution is 0.0949. The first-order valence-electron chi connectivity index (χ1n) is 7.68. The number of thiazole rings is 1. The molecule has 1 amide bonds. The van der Waals surface area contributed by atoms with Gasteiger partial charge in [-0.1, -0.05) is 28.1 Å². The molecule has 1 aromatic carbocycles. The maximum absolute atomic E-state index is 12.7. The lowest BCUT2D eigenvalue weighted by Crippen LogP contribution is -2.31. The largest absolute Gasteiger partial charge is 0.348 e. The second-order valence-corrected chi connectivity index (χ2v) is 7.71. The maximum Gasteiger partial charge on any atom is 0.271 e. The molecule has 1 N–H and O–H groups in total. The van der Waals surface area contributed by atoms with E-state index in [-0.39, 0.29) is 17.0 Å². The number of nitrogens with zero attached hydrogens (tertiary/aromatic N) is 2. The van der Waals surface area contributed by atoms with Crippen LogP contribution in [-0.2, 0) is 19.4 Å². The first kappa shape index (κ1) is 15.5. The Labute approximate surface area is 150 Å². The van der Waals surface area contributed by atoms with Gasteiger partial charge in [-0.05, 0) is 37.0 Å². The van der Waals surface area contributed by atoms with Gasteiger partial charge >= 0.3 is 0 Å². The van der Waals surface area contributed by atoms with Crippen molar-refractivity contribution in [2.45, 2.75) is 25.8 Å². The summed E-state index contributed by atoms with van der Waals surface area (Å²) in [7, 11) is 0. The lowest BCUT2D eigenvalue weighted by Gasteiger charge is -2.06. The molecule has 0 bridgehead atoms. The number of carbonyl (C=O) groups is 1. The summed E-state index contributed by atoms with van der Waals surface area (Å²) in [4.78, 5) is 31.3. The quantitative estimate of drug-likeness (QED) is 0.730. The zero-order valence-electron chi connectivity index (χ0n) is 12.7. The zero-order valence-corrected chi connectivity index (χ0v) is 15.1. The highest BCUT2D eigenvalue weighted by Gasteiger charge is 2.22. The second-order valence-electron chi connectivity index (χ2n) is 5.73. The third-order valence-electron chi connectivity index (χ3n) is 4.14. The van der Waals surface area contributed by atoms with Gasteiger partial charge in [-0.3, -0.25) is 14.0 Å². The van der Waals surface area contributed by atoms with Crippen molar-refractivity contribution in [1.82, 2.24) is 14.7 Å². The first-order valence-corrected chi connectivity index (χ1v) is 9.29. The number of hydrogen-bond acceptors (Lipinski definition) is 4. The molecule has 1 aliphatic carbocycles. The van der Waals surface area contributed by atoms with Crippen LogP contribution in [0.1, 0.15) is 32.9 Å². The highest BCUT2D eigenvalue weighted by molar-refractivity contribution is 9.10. The van der Waals surface area contributed by atoms with Crippen molar-refractivity contribution in [2.24, 2.45) is 0 Å². The molecule has 0 fully saturated rings. The molecule has 0 unspecified atom stereocenters. The van der Waals surface area contributed by atoms with Crippen LogP contribution < -0.4 is 10.9 Å². The number of aryl methyl sites for hydroxylation is 2. The number of fused-ring (bicyclic) bond motifs is 3. The van der Waals surface area contributed by atoms with Crippen LogP contribution in [0.25, 0.3) is 4.96 Å². The second kappa shape index (κ2) is 6.14. The molecule has 0 atom stereocenters. The van der Waals surface area contributed by atoms with Crippen molar-refractivity contribution >= 4 is 38.1 Å². The zero-order chi connectivity index (χ0) is 16.7. The van der Waals surface area contributed by atoms with E-state index in [1.54, 1.807) is 15.7 Å². The topological polar surface area (TPSA) is 63.5 Å². The predicted octanol–water partition coefficient (Wildman–Crippen LogP) is 2.94. The number of benzene rings is 1. The smallest absolute Gasteiger partial charge is 0.271 e. The highest BCUT2D eigenvalue weighted by Crippen LogP contribution is 2.28. The van der Waals surface area contributed by atoms with E-state index in [0.717, 1.165) is 35.0 Å². The number of halogens is 1. The monoisotopic (exact) mass is 403 g/mol. The number of rotatable bonds is 3. The van der Waals surface area contributed by atoms with E-state index in [9.17, 15) is 9.59 Å². The molecular formula is C17H14BrN3O2S. The van der Waals surface area contributed by atoms with Gasteiger partial charge in [0, 0.05) is 27.8 Å². The number of amides is 1. The number of hydrogen-bond donors (Lipinski definition) is 1. The lowest BCUT2D eigenvalue weighted by atomic mass is 10.2. The van der Waals surface area contributed by atoms with E-state index in [0.29, 0.717) is 11.5 Å². The Bertz CT molecular complexity index is 1010. The van der Waals surface area contributed by atoms with Crippen LogP contribution in [-0.4, -0.2) is 15.3 Å². The van der Waals surface area contributed by atoms with Gasteiger partial charge in [0.2, 0.25) is 0 Å². The van der Waals surface area contributed by atoms with Crippen LogP contribution in [0.5, 0.6) is 0 Å². The fourth-order valence-electron chi connectivity index (χ4n) is 2.99. The summed E-state index contributed by atoms with van der Waals surface area (Å²) >= 11 is 4.95. The average Bonchev–Trinajstić information content (AvgIpc) is 3.13. The Morgan fingerprint density at radius 2 is 2.25 bits per heavy atom. The summed E-state index contributed by atoms with van der Waals surface area (Å²) in [5.74, 6) is -0.389. The molecule has 0 saturated heterocycles. The molecule has 3 aromatic rings. The van der Waals surface area contributed by atoms with Gasteiger partial charge in [-0.2, -0.15) is 0 Å². The van der Waals surface area contributed by atoms with Crippen molar-refractivity contribution in [3.8, 4) is 0 Å². The Morgan fingerprint density at radius 1 is 1.38 bits per heavy atom. The molecular weight excluding hydrogens is 390 g/mol. The van der Waals surface area contributed by atoms with Gasteiger partial charge in [0.05, 0.1) is 0 Å². The highest BCUT2D eigenvalue weighted by atomic mass is 79.9. The van der Waals surface area contributed by atoms with E-state index >= 15 is 0 Å². The Hall–Kier alpha value is -1.99. The minimum absolute atomic E-state index is 0.0926. The van der Waals surface area contributed by atoms with Crippen LogP contribution >= 0.6 is 27.3 Å². The summed E-state index contributed by atoms with van der Waals surface area (Å²) in [5, 5.41) is 2.80. The normalized spacial score (nSPS) is 13.2. The van der Waals surface area contributed by atoms with E-state index < -0.39 is 0 Å². The van der Waals surface area contributed by atoms with Gasteiger partial charge < -0.3 is 5.32 Å². The fourth-order valence-corrected chi connectivity index (χ4v) is 4.60.